The van der Waals surface area contributed by atoms with Crippen LogP contribution in [0.1, 0.15) is 44.9 Å². The van der Waals surface area contributed by atoms with Crippen molar-refractivity contribution < 1.29 is 47.5 Å². The number of hydrogen-bond donors (Lipinski definition) is 0. The topological polar surface area (TPSA) is 150 Å². The third-order valence-corrected chi connectivity index (χ3v) is 7.80. The van der Waals surface area contributed by atoms with Crippen molar-refractivity contribution in [2.75, 3.05) is 47.3 Å². The maximum Gasteiger partial charge on any atom is 0.343 e. The Hall–Kier alpha value is -5.11. The lowest BCUT2D eigenvalue weighted by atomic mass is 9.95. The molecule has 1 atom stereocenters. The maximum absolute atomic E-state index is 14.1. The first kappa shape index (κ1) is 34.8. The van der Waals surface area contributed by atoms with Gasteiger partial charge in [-0.15, -0.1) is 0 Å². The summed E-state index contributed by atoms with van der Waals surface area (Å²) in [5.74, 6) is -0.391. The molecule has 13 nitrogen and oxygen atoms in total. The molecule has 0 radical (unpaired) electrons. The molecule has 0 saturated heterocycles. The van der Waals surface area contributed by atoms with Gasteiger partial charge in [0.1, 0.15) is 0 Å². The van der Waals surface area contributed by atoms with Gasteiger partial charge in [-0.1, -0.05) is 23.5 Å². The normalized spacial score (nSPS) is 14.1. The fourth-order valence-corrected chi connectivity index (χ4v) is 5.78. The number of esters is 3. The number of fused-ring (bicyclic) bond motifs is 1. The molecule has 0 unspecified atom stereocenters. The van der Waals surface area contributed by atoms with Crippen LogP contribution in [0.5, 0.6) is 23.0 Å². The van der Waals surface area contributed by atoms with E-state index in [1.807, 2.05) is 6.92 Å². The Morgan fingerprint density at radius 3 is 2.00 bits per heavy atom. The van der Waals surface area contributed by atoms with Crippen LogP contribution in [0.25, 0.3) is 6.08 Å². The first-order valence-corrected chi connectivity index (χ1v) is 15.6. The summed E-state index contributed by atoms with van der Waals surface area (Å²) in [6, 6.07) is 9.12. The highest BCUT2D eigenvalue weighted by Crippen LogP contribution is 2.36. The minimum Gasteiger partial charge on any atom is -0.490 e. The first-order chi connectivity index (χ1) is 22.6. The number of benzene rings is 2. The van der Waals surface area contributed by atoms with Crippen molar-refractivity contribution in [3.63, 3.8) is 0 Å². The summed E-state index contributed by atoms with van der Waals surface area (Å²) in [7, 11) is 2.53. The number of rotatable bonds is 14. The Labute approximate surface area is 274 Å². The predicted molar refractivity (Wildman–Crippen MR) is 171 cm³/mol. The smallest absolute Gasteiger partial charge is 0.343 e. The van der Waals surface area contributed by atoms with Gasteiger partial charge >= 0.3 is 17.9 Å². The summed E-state index contributed by atoms with van der Waals surface area (Å²) >= 11 is 1.16. The van der Waals surface area contributed by atoms with Crippen molar-refractivity contribution in [1.29, 1.82) is 0 Å². The zero-order chi connectivity index (χ0) is 34.1. The minimum absolute atomic E-state index is 0.124. The minimum atomic E-state index is -0.908. The number of methoxy groups -OCH3 is 2. The van der Waals surface area contributed by atoms with Crippen LogP contribution in [-0.2, 0) is 28.6 Å². The second-order valence-corrected chi connectivity index (χ2v) is 10.8. The molecule has 0 N–H and O–H groups in total. The predicted octanol–water partition coefficient (Wildman–Crippen LogP) is 2.70. The quantitative estimate of drug-likeness (QED) is 0.184. The monoisotopic (exact) mass is 668 g/mol. The SMILES string of the molecule is CCOC(=O)C1=C(C)N=c2s/c(=C\c3ccc(OCC(=O)OC)c(OCC)c3)c(=O)n2[C@@H]1c1ccc(OCC(=O)OC)c(OCC)c1. The Morgan fingerprint density at radius 1 is 0.830 bits per heavy atom. The lowest BCUT2D eigenvalue weighted by molar-refractivity contribution is -0.143. The van der Waals surface area contributed by atoms with Gasteiger partial charge in [0.25, 0.3) is 5.56 Å². The first-order valence-electron chi connectivity index (χ1n) is 14.8. The molecule has 0 fully saturated rings. The number of allylic oxidation sites excluding steroid dienone is 1. The van der Waals surface area contributed by atoms with Gasteiger partial charge in [0.05, 0.1) is 55.9 Å². The van der Waals surface area contributed by atoms with Crippen molar-refractivity contribution in [3.05, 3.63) is 78.5 Å². The number of thiazole rings is 1. The molecule has 4 rings (SSSR count). The van der Waals surface area contributed by atoms with Crippen molar-refractivity contribution in [2.24, 2.45) is 4.99 Å². The van der Waals surface area contributed by atoms with E-state index in [0.717, 1.165) is 11.3 Å². The molecule has 1 aromatic heterocycles. The molecule has 2 heterocycles. The summed E-state index contributed by atoms with van der Waals surface area (Å²) in [5, 5.41) is 0. The Balaban J connectivity index is 1.84. The van der Waals surface area contributed by atoms with Gasteiger partial charge in [0.15, 0.2) is 41.0 Å². The highest BCUT2D eigenvalue weighted by Gasteiger charge is 2.34. The van der Waals surface area contributed by atoms with Crippen LogP contribution < -0.4 is 33.8 Å². The summed E-state index contributed by atoms with van der Waals surface area (Å²) in [6.45, 7) is 7.12. The third-order valence-electron chi connectivity index (χ3n) is 6.81. The molecule has 0 aliphatic carbocycles. The van der Waals surface area contributed by atoms with Crippen molar-refractivity contribution >= 4 is 35.3 Å². The molecule has 0 amide bonds. The van der Waals surface area contributed by atoms with Gasteiger partial charge in [0, 0.05) is 0 Å². The van der Waals surface area contributed by atoms with E-state index in [2.05, 4.69) is 14.5 Å². The Bertz CT molecular complexity index is 1860. The molecule has 1 aliphatic heterocycles. The second kappa shape index (κ2) is 15.9. The molecule has 47 heavy (non-hydrogen) atoms. The highest BCUT2D eigenvalue weighted by atomic mass is 32.1. The van der Waals surface area contributed by atoms with E-state index in [1.54, 1.807) is 63.2 Å². The zero-order valence-corrected chi connectivity index (χ0v) is 27.8. The lowest BCUT2D eigenvalue weighted by Crippen LogP contribution is -2.40. The molecule has 0 saturated carbocycles. The maximum atomic E-state index is 14.1. The Kier molecular flexibility index (Phi) is 11.8. The third kappa shape index (κ3) is 8.01. The van der Waals surface area contributed by atoms with E-state index in [0.29, 0.717) is 50.0 Å². The largest absolute Gasteiger partial charge is 0.490 e. The van der Waals surface area contributed by atoms with Gasteiger partial charge in [-0.2, -0.15) is 0 Å². The number of aromatic nitrogens is 1. The summed E-state index contributed by atoms with van der Waals surface area (Å²) < 4.78 is 39.2. The molecule has 1 aliphatic rings. The standard InChI is InChI=1S/C33H36N2O11S/c1-7-42-24-14-20(10-12-22(24)45-17-27(36)40-5)15-26-31(38)35-30(29(32(39)44-9-3)19(4)34-33(35)47-26)21-11-13-23(25(16-21)43-8-2)46-18-28(37)41-6/h10-16,30H,7-9,17-18H2,1-6H3/b26-15-/t30-/m1/s1. The van der Waals surface area contributed by atoms with E-state index < -0.39 is 23.9 Å². The average molecular weight is 669 g/mol. The summed E-state index contributed by atoms with van der Waals surface area (Å²) in [4.78, 5) is 55.7. The molecule has 2 aromatic carbocycles. The number of nitrogens with zero attached hydrogens (tertiary/aromatic N) is 2. The second-order valence-electron chi connectivity index (χ2n) is 9.81. The molecule has 14 heteroatoms. The van der Waals surface area contributed by atoms with Crippen LogP contribution in [0.2, 0.25) is 0 Å². The zero-order valence-electron chi connectivity index (χ0n) is 26.9. The molecule has 3 aromatic rings. The fraction of sp³-hybridized carbons (Fsp3) is 0.364. The summed E-state index contributed by atoms with van der Waals surface area (Å²) in [6.07, 6.45) is 1.69. The molecular weight excluding hydrogens is 632 g/mol. The summed E-state index contributed by atoms with van der Waals surface area (Å²) in [5.41, 5.74) is 1.38. The van der Waals surface area contributed by atoms with E-state index >= 15 is 0 Å². The van der Waals surface area contributed by atoms with Crippen LogP contribution in [0, 0.1) is 0 Å². The number of ether oxygens (including phenoxy) is 7. The molecule has 0 spiro atoms. The van der Waals surface area contributed by atoms with Crippen molar-refractivity contribution in [3.8, 4) is 23.0 Å². The van der Waals surface area contributed by atoms with Gasteiger partial charge in [-0.3, -0.25) is 9.36 Å². The van der Waals surface area contributed by atoms with Gasteiger partial charge in [0.2, 0.25) is 0 Å². The van der Waals surface area contributed by atoms with E-state index in [1.165, 1.54) is 18.8 Å². The van der Waals surface area contributed by atoms with E-state index in [4.69, 9.17) is 23.7 Å². The van der Waals surface area contributed by atoms with Gasteiger partial charge in [-0.25, -0.2) is 19.4 Å². The van der Waals surface area contributed by atoms with Crippen LogP contribution in [0.15, 0.2) is 57.5 Å². The number of carbonyl (C=O) groups excluding carboxylic acids is 3. The van der Waals surface area contributed by atoms with E-state index in [-0.39, 0.29) is 43.3 Å². The van der Waals surface area contributed by atoms with E-state index in [9.17, 15) is 19.2 Å². The van der Waals surface area contributed by atoms with Crippen LogP contribution in [-0.4, -0.2) is 69.7 Å². The van der Waals surface area contributed by atoms with Crippen LogP contribution >= 0.6 is 11.3 Å². The highest BCUT2D eigenvalue weighted by molar-refractivity contribution is 7.07. The fourth-order valence-electron chi connectivity index (χ4n) is 4.73. The van der Waals surface area contributed by atoms with Gasteiger partial charge < -0.3 is 33.2 Å². The number of carbonyl (C=O) groups is 3. The lowest BCUT2D eigenvalue weighted by Gasteiger charge is -2.25. The Morgan fingerprint density at radius 2 is 1.43 bits per heavy atom. The van der Waals surface area contributed by atoms with Gasteiger partial charge in [-0.05, 0) is 69.2 Å². The van der Waals surface area contributed by atoms with Crippen molar-refractivity contribution in [1.82, 2.24) is 4.57 Å². The average Bonchev–Trinajstić information content (AvgIpc) is 3.36. The van der Waals surface area contributed by atoms with Crippen molar-refractivity contribution in [2.45, 2.75) is 33.7 Å². The molecular formula is C33H36N2O11S. The number of hydrogen-bond acceptors (Lipinski definition) is 13. The molecule has 250 valence electrons. The molecule has 0 bridgehead atoms. The van der Waals surface area contributed by atoms with Crippen LogP contribution in [0.4, 0.5) is 0 Å². The van der Waals surface area contributed by atoms with Crippen LogP contribution in [0.3, 0.4) is 0 Å².